The first-order valence-electron chi connectivity index (χ1n) is 5.70. The number of rotatable bonds is 3. The molecular formula is C13H16FN3S. The standard InChI is InChI=1S/C13H16FN3S/c1-8-6-12(10(9(2)15)7-11(8)14)18-13-16-4-5-17(13)3/h4-7,9H,15H2,1-3H3/t9-/m1/s1. The van der Waals surface area contributed by atoms with Gasteiger partial charge in [0.2, 0.25) is 0 Å². The molecule has 18 heavy (non-hydrogen) atoms. The molecule has 5 heteroatoms. The summed E-state index contributed by atoms with van der Waals surface area (Å²) in [5.41, 5.74) is 7.33. The lowest BCUT2D eigenvalue weighted by Gasteiger charge is -2.13. The summed E-state index contributed by atoms with van der Waals surface area (Å²) < 4.78 is 15.5. The van der Waals surface area contributed by atoms with Gasteiger partial charge >= 0.3 is 0 Å². The first-order chi connectivity index (χ1) is 8.49. The zero-order valence-corrected chi connectivity index (χ0v) is 11.5. The largest absolute Gasteiger partial charge is 0.329 e. The van der Waals surface area contributed by atoms with Crippen LogP contribution in [0.25, 0.3) is 0 Å². The third-order valence-corrected chi connectivity index (χ3v) is 3.91. The first-order valence-corrected chi connectivity index (χ1v) is 6.51. The van der Waals surface area contributed by atoms with Crippen LogP contribution in [0.15, 0.2) is 34.6 Å². The van der Waals surface area contributed by atoms with E-state index in [1.165, 1.54) is 17.8 Å². The van der Waals surface area contributed by atoms with E-state index in [1.54, 1.807) is 13.1 Å². The smallest absolute Gasteiger partial charge is 0.172 e. The van der Waals surface area contributed by atoms with Crippen molar-refractivity contribution in [2.75, 3.05) is 0 Å². The lowest BCUT2D eigenvalue weighted by atomic mass is 10.1. The van der Waals surface area contributed by atoms with E-state index < -0.39 is 0 Å². The van der Waals surface area contributed by atoms with E-state index in [0.717, 1.165) is 15.6 Å². The van der Waals surface area contributed by atoms with Crippen LogP contribution in [0.2, 0.25) is 0 Å². The van der Waals surface area contributed by atoms with Gasteiger partial charge in [0, 0.05) is 30.4 Å². The van der Waals surface area contributed by atoms with Gasteiger partial charge in [0.15, 0.2) is 5.16 Å². The molecule has 0 aliphatic carbocycles. The fourth-order valence-electron chi connectivity index (χ4n) is 1.66. The Labute approximate surface area is 110 Å². The summed E-state index contributed by atoms with van der Waals surface area (Å²) in [5.74, 6) is -0.216. The SMILES string of the molecule is Cc1cc(Sc2nccn2C)c([C@@H](C)N)cc1F. The highest BCUT2D eigenvalue weighted by molar-refractivity contribution is 7.99. The van der Waals surface area contributed by atoms with Gasteiger partial charge in [-0.3, -0.25) is 0 Å². The highest BCUT2D eigenvalue weighted by atomic mass is 32.2. The summed E-state index contributed by atoms with van der Waals surface area (Å²) in [5, 5.41) is 0.864. The first kappa shape index (κ1) is 13.1. The molecule has 0 spiro atoms. The van der Waals surface area contributed by atoms with Crippen molar-refractivity contribution in [3.8, 4) is 0 Å². The average molecular weight is 265 g/mol. The molecule has 0 unspecified atom stereocenters. The number of nitrogens with two attached hydrogens (primary N) is 1. The highest BCUT2D eigenvalue weighted by Crippen LogP contribution is 2.33. The molecule has 1 heterocycles. The van der Waals surface area contributed by atoms with Gasteiger partial charge in [-0.2, -0.15) is 0 Å². The third kappa shape index (κ3) is 2.57. The molecular weight excluding hydrogens is 249 g/mol. The van der Waals surface area contributed by atoms with Crippen LogP contribution in [-0.4, -0.2) is 9.55 Å². The minimum Gasteiger partial charge on any atom is -0.329 e. The molecule has 0 amide bonds. The van der Waals surface area contributed by atoms with Crippen molar-refractivity contribution in [1.29, 1.82) is 0 Å². The van der Waals surface area contributed by atoms with Crippen LogP contribution >= 0.6 is 11.8 Å². The van der Waals surface area contributed by atoms with E-state index in [1.807, 2.05) is 30.8 Å². The molecule has 96 valence electrons. The second kappa shape index (κ2) is 5.12. The predicted molar refractivity (Wildman–Crippen MR) is 71.1 cm³/mol. The Morgan fingerprint density at radius 3 is 2.72 bits per heavy atom. The maximum Gasteiger partial charge on any atom is 0.172 e. The topological polar surface area (TPSA) is 43.8 Å². The van der Waals surface area contributed by atoms with Crippen molar-refractivity contribution >= 4 is 11.8 Å². The number of benzene rings is 1. The number of halogens is 1. The van der Waals surface area contributed by atoms with Crippen molar-refractivity contribution in [2.24, 2.45) is 12.8 Å². The van der Waals surface area contributed by atoms with Crippen molar-refractivity contribution in [1.82, 2.24) is 9.55 Å². The molecule has 1 atom stereocenters. The van der Waals surface area contributed by atoms with Gasteiger partial charge in [-0.15, -0.1) is 0 Å². The van der Waals surface area contributed by atoms with E-state index in [2.05, 4.69) is 4.98 Å². The number of hydrogen-bond acceptors (Lipinski definition) is 3. The molecule has 2 rings (SSSR count). The molecule has 2 N–H and O–H groups in total. The second-order valence-corrected chi connectivity index (χ2v) is 5.36. The number of hydrogen-bond donors (Lipinski definition) is 1. The Kier molecular flexibility index (Phi) is 3.73. The fraction of sp³-hybridized carbons (Fsp3) is 0.308. The van der Waals surface area contributed by atoms with Crippen LogP contribution in [0.5, 0.6) is 0 Å². The van der Waals surface area contributed by atoms with Crippen molar-refractivity contribution in [3.05, 3.63) is 41.5 Å². The van der Waals surface area contributed by atoms with Gasteiger partial charge < -0.3 is 10.3 Å². The summed E-state index contributed by atoms with van der Waals surface area (Å²) in [7, 11) is 1.93. The summed E-state index contributed by atoms with van der Waals surface area (Å²) in [6.45, 7) is 3.61. The summed E-state index contributed by atoms with van der Waals surface area (Å²) in [6.07, 6.45) is 3.62. The monoisotopic (exact) mass is 265 g/mol. The van der Waals surface area contributed by atoms with E-state index in [0.29, 0.717) is 5.56 Å². The summed E-state index contributed by atoms with van der Waals surface area (Å²) in [4.78, 5) is 5.21. The maximum atomic E-state index is 13.6. The molecule has 0 saturated carbocycles. The molecule has 0 aliphatic heterocycles. The molecule has 1 aromatic carbocycles. The van der Waals surface area contributed by atoms with Gasteiger partial charge in [-0.1, -0.05) is 11.8 Å². The third-order valence-electron chi connectivity index (χ3n) is 2.76. The van der Waals surface area contributed by atoms with E-state index >= 15 is 0 Å². The Bertz CT molecular complexity index is 563. The zero-order valence-electron chi connectivity index (χ0n) is 10.6. The van der Waals surface area contributed by atoms with Crippen molar-refractivity contribution < 1.29 is 4.39 Å². The quantitative estimate of drug-likeness (QED) is 0.927. The van der Waals surface area contributed by atoms with Gasteiger partial charge in [0.1, 0.15) is 5.82 Å². The van der Waals surface area contributed by atoms with Gasteiger partial charge in [-0.25, -0.2) is 9.37 Å². The number of aromatic nitrogens is 2. The lowest BCUT2D eigenvalue weighted by Crippen LogP contribution is -2.08. The molecule has 0 fully saturated rings. The van der Waals surface area contributed by atoms with E-state index in [4.69, 9.17) is 5.73 Å². The molecule has 1 aromatic heterocycles. The number of nitrogens with zero attached hydrogens (tertiary/aromatic N) is 2. The summed E-state index contributed by atoms with van der Waals surface area (Å²) in [6, 6.07) is 3.14. The molecule has 3 nitrogen and oxygen atoms in total. The Hall–Kier alpha value is -1.33. The molecule has 0 aliphatic rings. The molecule has 0 saturated heterocycles. The van der Waals surface area contributed by atoms with E-state index in [-0.39, 0.29) is 11.9 Å². The van der Waals surface area contributed by atoms with Crippen LogP contribution < -0.4 is 5.73 Å². The van der Waals surface area contributed by atoms with E-state index in [9.17, 15) is 4.39 Å². The van der Waals surface area contributed by atoms with Crippen LogP contribution in [0, 0.1) is 12.7 Å². The minimum absolute atomic E-state index is 0.206. The molecule has 2 aromatic rings. The van der Waals surface area contributed by atoms with Gasteiger partial charge in [0.25, 0.3) is 0 Å². The second-order valence-electron chi connectivity index (χ2n) is 4.35. The van der Waals surface area contributed by atoms with Crippen LogP contribution in [-0.2, 0) is 7.05 Å². The zero-order chi connectivity index (χ0) is 13.3. The van der Waals surface area contributed by atoms with Crippen LogP contribution in [0.4, 0.5) is 4.39 Å². The van der Waals surface area contributed by atoms with Gasteiger partial charge in [0.05, 0.1) is 0 Å². The normalized spacial score (nSPS) is 12.7. The van der Waals surface area contributed by atoms with Crippen molar-refractivity contribution in [3.63, 3.8) is 0 Å². The highest BCUT2D eigenvalue weighted by Gasteiger charge is 2.13. The maximum absolute atomic E-state index is 13.6. The Morgan fingerprint density at radius 1 is 1.44 bits per heavy atom. The number of imidazole rings is 1. The molecule has 0 radical (unpaired) electrons. The van der Waals surface area contributed by atoms with Gasteiger partial charge in [-0.05, 0) is 37.1 Å². The van der Waals surface area contributed by atoms with Crippen molar-refractivity contribution in [2.45, 2.75) is 29.9 Å². The fourth-order valence-corrected chi connectivity index (χ4v) is 2.78. The number of aryl methyl sites for hydroxylation is 2. The Morgan fingerprint density at radius 2 is 2.17 bits per heavy atom. The minimum atomic E-state index is -0.216. The average Bonchev–Trinajstić information content (AvgIpc) is 2.69. The lowest BCUT2D eigenvalue weighted by molar-refractivity contribution is 0.610. The molecule has 0 bridgehead atoms. The Balaban J connectivity index is 2.43. The van der Waals surface area contributed by atoms with Crippen LogP contribution in [0.1, 0.15) is 24.1 Å². The van der Waals surface area contributed by atoms with Crippen LogP contribution in [0.3, 0.4) is 0 Å². The predicted octanol–water partition coefficient (Wildman–Crippen LogP) is 3.04. The summed E-state index contributed by atoms with van der Waals surface area (Å²) >= 11 is 1.50.